The normalized spacial score (nSPS) is 17.8. The van der Waals surface area contributed by atoms with Crippen LogP contribution >= 0.6 is 0 Å². The molecule has 3 heterocycles. The van der Waals surface area contributed by atoms with Crippen LogP contribution in [0, 0.1) is 11.7 Å². The molecule has 1 atom stereocenters. The van der Waals surface area contributed by atoms with Crippen molar-refractivity contribution in [2.24, 2.45) is 11.8 Å². The van der Waals surface area contributed by atoms with Gasteiger partial charge in [-0.15, -0.1) is 0 Å². The van der Waals surface area contributed by atoms with Gasteiger partial charge in [0.15, 0.2) is 5.82 Å². The van der Waals surface area contributed by atoms with Crippen LogP contribution in [0.1, 0.15) is 40.2 Å². The summed E-state index contributed by atoms with van der Waals surface area (Å²) in [5.74, 6) is 4.37. The lowest BCUT2D eigenvalue weighted by Gasteiger charge is -2.32. The molecular weight excluding hydrogens is 453 g/mol. The molecule has 2 N–H and O–H groups in total. The number of nitrogens with two attached hydrogens (primary N) is 1. The molecule has 186 valence electrons. The third-order valence-corrected chi connectivity index (χ3v) is 6.72. The Labute approximate surface area is 203 Å². The molecule has 1 aromatic carbocycles. The van der Waals surface area contributed by atoms with Gasteiger partial charge in [-0.1, -0.05) is 12.1 Å². The van der Waals surface area contributed by atoms with Gasteiger partial charge < -0.3 is 14.5 Å². The van der Waals surface area contributed by atoms with Crippen molar-refractivity contribution in [1.82, 2.24) is 14.8 Å². The summed E-state index contributed by atoms with van der Waals surface area (Å²) in [5.41, 5.74) is 1.77. The monoisotopic (exact) mass is 483 g/mol. The molecule has 4 rings (SSSR count). The van der Waals surface area contributed by atoms with Gasteiger partial charge in [0.2, 0.25) is 11.7 Å². The number of halogens is 1. The van der Waals surface area contributed by atoms with Crippen molar-refractivity contribution in [3.05, 3.63) is 52.8 Å². The summed E-state index contributed by atoms with van der Waals surface area (Å²) >= 11 is 0. The second kappa shape index (κ2) is 9.99. The van der Waals surface area contributed by atoms with E-state index in [1.807, 2.05) is 0 Å². The number of piperidine rings is 1. The van der Waals surface area contributed by atoms with Crippen molar-refractivity contribution in [2.75, 3.05) is 45.8 Å². The second-order valence-corrected chi connectivity index (χ2v) is 9.29. The van der Waals surface area contributed by atoms with Crippen LogP contribution in [-0.4, -0.2) is 73.2 Å². The van der Waals surface area contributed by atoms with Crippen molar-refractivity contribution in [3.8, 4) is 5.88 Å². The van der Waals surface area contributed by atoms with E-state index >= 15 is 0 Å². The maximum atomic E-state index is 13.4. The number of nitrogens with zero attached hydrogens (tertiary/aromatic N) is 4. The molecule has 1 fully saturated rings. The number of carbonyl (C=O) groups excluding carboxylic acids is 3. The molecule has 35 heavy (non-hydrogen) atoms. The number of Topliss-reactive ketones (excluding diaryl/α,β-unsaturated/α-hetero) is 1. The Morgan fingerprint density at radius 3 is 2.43 bits per heavy atom. The van der Waals surface area contributed by atoms with Gasteiger partial charge in [0, 0.05) is 32.7 Å². The average molecular weight is 484 g/mol. The number of amides is 2. The van der Waals surface area contributed by atoms with Gasteiger partial charge in [-0.3, -0.25) is 19.4 Å². The van der Waals surface area contributed by atoms with Crippen LogP contribution in [0.25, 0.3) is 0 Å². The van der Waals surface area contributed by atoms with Gasteiger partial charge in [-0.25, -0.2) is 10.2 Å². The molecule has 1 unspecified atom stereocenters. The fourth-order valence-electron chi connectivity index (χ4n) is 4.74. The maximum Gasteiger partial charge on any atom is 0.290 e. The van der Waals surface area contributed by atoms with Crippen LogP contribution in [0.3, 0.4) is 0 Å². The molecule has 9 nitrogen and oxygen atoms in total. The first kappa shape index (κ1) is 24.6. The smallest absolute Gasteiger partial charge is 0.290 e. The Kier molecular flexibility index (Phi) is 7.02. The zero-order valence-electron chi connectivity index (χ0n) is 20.2. The Morgan fingerprint density at radius 2 is 1.83 bits per heavy atom. The lowest BCUT2D eigenvalue weighted by molar-refractivity contribution is -0.143. The lowest BCUT2D eigenvalue weighted by atomic mass is 9.90. The molecule has 1 aromatic heterocycles. The molecule has 2 amide bonds. The standard InChI is InChI=1S/C25H30FN5O4/c1-29(2)25(34)21(32)20-14-31(27)22-18(20)13-19(23(28-22)35-3)24(33)30-10-8-16(9-11-30)12-15-4-6-17(26)7-5-15/h4-7,13,16,20H,8-12,14,27H2,1-3H3. The quantitative estimate of drug-likeness (QED) is 0.493. The highest BCUT2D eigenvalue weighted by atomic mass is 19.1. The van der Waals surface area contributed by atoms with E-state index in [0.717, 1.165) is 24.8 Å². The summed E-state index contributed by atoms with van der Waals surface area (Å²) in [6.07, 6.45) is 2.47. The topological polar surface area (TPSA) is 109 Å². The molecule has 2 aliphatic rings. The maximum absolute atomic E-state index is 13.4. The lowest BCUT2D eigenvalue weighted by Crippen LogP contribution is -2.39. The second-order valence-electron chi connectivity index (χ2n) is 9.29. The summed E-state index contributed by atoms with van der Waals surface area (Å²) in [6.45, 7) is 1.22. The highest BCUT2D eigenvalue weighted by Gasteiger charge is 2.39. The third-order valence-electron chi connectivity index (χ3n) is 6.72. The zero-order valence-corrected chi connectivity index (χ0v) is 20.2. The van der Waals surface area contributed by atoms with E-state index in [2.05, 4.69) is 4.98 Å². The number of pyridine rings is 1. The predicted octanol–water partition coefficient (Wildman–Crippen LogP) is 1.76. The molecule has 1 saturated heterocycles. The minimum absolute atomic E-state index is 0.0936. The van der Waals surface area contributed by atoms with Crippen LogP contribution in [0.2, 0.25) is 0 Å². The number of hydrogen-bond acceptors (Lipinski definition) is 7. The number of rotatable bonds is 6. The number of methoxy groups -OCH3 is 1. The van der Waals surface area contributed by atoms with Gasteiger partial charge >= 0.3 is 0 Å². The van der Waals surface area contributed by atoms with E-state index in [-0.39, 0.29) is 29.7 Å². The van der Waals surface area contributed by atoms with Crippen LogP contribution in [0.5, 0.6) is 5.88 Å². The van der Waals surface area contributed by atoms with Crippen molar-refractivity contribution in [1.29, 1.82) is 0 Å². The van der Waals surface area contributed by atoms with Gasteiger partial charge in [0.25, 0.3) is 11.8 Å². The van der Waals surface area contributed by atoms with Crippen LogP contribution in [-0.2, 0) is 16.0 Å². The fourth-order valence-corrected chi connectivity index (χ4v) is 4.74. The summed E-state index contributed by atoms with van der Waals surface area (Å²) in [5, 5.41) is 1.30. The van der Waals surface area contributed by atoms with E-state index in [0.29, 0.717) is 30.4 Å². The van der Waals surface area contributed by atoms with Crippen molar-refractivity contribution >= 4 is 23.4 Å². The molecule has 0 bridgehead atoms. The van der Waals surface area contributed by atoms with Crippen LogP contribution < -0.4 is 15.6 Å². The first-order chi connectivity index (χ1) is 16.7. The average Bonchev–Trinajstić information content (AvgIpc) is 3.19. The zero-order chi connectivity index (χ0) is 25.3. The first-order valence-electron chi connectivity index (χ1n) is 11.6. The van der Waals surface area contributed by atoms with E-state index < -0.39 is 17.6 Å². The largest absolute Gasteiger partial charge is 0.480 e. The van der Waals surface area contributed by atoms with Crippen LogP contribution in [0.15, 0.2) is 30.3 Å². The molecule has 10 heteroatoms. The molecular formula is C25H30FN5O4. The molecule has 0 aliphatic carbocycles. The highest BCUT2D eigenvalue weighted by molar-refractivity contribution is 6.38. The number of likely N-dealkylation sites (tertiary alicyclic amines) is 1. The molecule has 0 spiro atoms. The SMILES string of the molecule is COc1nc2c(cc1C(=O)N1CCC(Cc3ccc(F)cc3)CC1)C(C(=O)C(=O)N(C)C)CN2N. The summed E-state index contributed by atoms with van der Waals surface area (Å²) in [6, 6.07) is 8.12. The number of aromatic nitrogens is 1. The van der Waals surface area contributed by atoms with Crippen molar-refractivity contribution in [2.45, 2.75) is 25.2 Å². The highest BCUT2D eigenvalue weighted by Crippen LogP contribution is 2.38. The van der Waals surface area contributed by atoms with Crippen molar-refractivity contribution < 1.29 is 23.5 Å². The number of carbonyl (C=O) groups is 3. The third kappa shape index (κ3) is 4.97. The number of likely N-dealkylation sites (N-methyl/N-ethyl adjacent to an activating group) is 1. The number of ether oxygens (including phenoxy) is 1. The summed E-state index contributed by atoms with van der Waals surface area (Å²) in [4.78, 5) is 45.9. The van der Waals surface area contributed by atoms with Gasteiger partial charge in [-0.05, 0) is 48.9 Å². The first-order valence-corrected chi connectivity index (χ1v) is 11.6. The van der Waals surface area contributed by atoms with E-state index in [9.17, 15) is 18.8 Å². The number of fused-ring (bicyclic) bond motifs is 1. The summed E-state index contributed by atoms with van der Waals surface area (Å²) in [7, 11) is 4.45. The minimum Gasteiger partial charge on any atom is -0.480 e. The van der Waals surface area contributed by atoms with Gasteiger partial charge in [0.1, 0.15) is 11.4 Å². The molecule has 0 saturated carbocycles. The number of hydrogen-bond donors (Lipinski definition) is 1. The Morgan fingerprint density at radius 1 is 1.17 bits per heavy atom. The van der Waals surface area contributed by atoms with Crippen LogP contribution in [0.4, 0.5) is 10.2 Å². The van der Waals surface area contributed by atoms with Gasteiger partial charge in [-0.2, -0.15) is 4.98 Å². The van der Waals surface area contributed by atoms with E-state index in [1.54, 1.807) is 23.1 Å². The summed E-state index contributed by atoms with van der Waals surface area (Å²) < 4.78 is 18.6. The number of benzene rings is 1. The number of hydrazine groups is 1. The number of anilines is 1. The van der Waals surface area contributed by atoms with Gasteiger partial charge in [0.05, 0.1) is 19.6 Å². The Bertz CT molecular complexity index is 1130. The Balaban J connectivity index is 1.51. The van der Waals surface area contributed by atoms with E-state index in [1.165, 1.54) is 43.2 Å². The molecule has 2 aliphatic heterocycles. The van der Waals surface area contributed by atoms with Crippen molar-refractivity contribution in [3.63, 3.8) is 0 Å². The fraction of sp³-hybridized carbons (Fsp3) is 0.440. The Hall–Kier alpha value is -3.53. The number of ketones is 1. The van der Waals surface area contributed by atoms with E-state index in [4.69, 9.17) is 10.6 Å². The predicted molar refractivity (Wildman–Crippen MR) is 127 cm³/mol. The minimum atomic E-state index is -0.809. The molecule has 0 radical (unpaired) electrons. The molecule has 2 aromatic rings.